The van der Waals surface area contributed by atoms with Crippen LogP contribution in [0.1, 0.15) is 16.7 Å². The van der Waals surface area contributed by atoms with Gasteiger partial charge in [-0.05, 0) is 61.0 Å². The highest BCUT2D eigenvalue weighted by Gasteiger charge is 2.40. The monoisotopic (exact) mass is 484 g/mol. The summed E-state index contributed by atoms with van der Waals surface area (Å²) in [7, 11) is 0. The van der Waals surface area contributed by atoms with E-state index in [1.807, 2.05) is 31.2 Å². The topological polar surface area (TPSA) is 27.7 Å². The lowest BCUT2D eigenvalue weighted by molar-refractivity contribution is -0.196. The van der Waals surface area contributed by atoms with Crippen LogP contribution in [0.25, 0.3) is 0 Å². The van der Waals surface area contributed by atoms with E-state index in [1.54, 1.807) is 24.3 Å². The van der Waals surface area contributed by atoms with Crippen LogP contribution in [-0.4, -0.2) is 19.4 Å². The van der Waals surface area contributed by atoms with Crippen LogP contribution in [0.5, 0.6) is 17.2 Å². The summed E-state index contributed by atoms with van der Waals surface area (Å²) in [5.74, 6) is -0.908. The molecule has 0 N–H and O–H groups in total. The molecule has 0 aliphatic heterocycles. The van der Waals surface area contributed by atoms with Gasteiger partial charge in [0.25, 0.3) is 0 Å². The third kappa shape index (κ3) is 7.69. The first kappa shape index (κ1) is 25.4. The smallest absolute Gasteiger partial charge is 0.416 e. The summed E-state index contributed by atoms with van der Waals surface area (Å²) in [4.78, 5) is 0. The van der Waals surface area contributed by atoms with Crippen molar-refractivity contribution in [3.8, 4) is 17.2 Å². The molecule has 0 saturated heterocycles. The number of halogens is 6. The lowest BCUT2D eigenvalue weighted by Gasteiger charge is -2.21. The number of aryl methyl sites for hydroxylation is 1. The van der Waals surface area contributed by atoms with Crippen molar-refractivity contribution in [1.82, 2.24) is 0 Å². The molecule has 9 heteroatoms. The summed E-state index contributed by atoms with van der Waals surface area (Å²) in [6.07, 6.45) is -9.15. The van der Waals surface area contributed by atoms with E-state index in [0.717, 1.165) is 29.8 Å². The second kappa shape index (κ2) is 10.8. The predicted molar refractivity (Wildman–Crippen MR) is 114 cm³/mol. The highest BCUT2D eigenvalue weighted by atomic mass is 19.4. The van der Waals surface area contributed by atoms with Crippen molar-refractivity contribution in [2.24, 2.45) is 5.92 Å². The van der Waals surface area contributed by atoms with Crippen LogP contribution in [0.2, 0.25) is 0 Å². The van der Waals surface area contributed by atoms with Gasteiger partial charge in [-0.25, -0.2) is 0 Å². The van der Waals surface area contributed by atoms with Crippen molar-refractivity contribution >= 4 is 0 Å². The van der Waals surface area contributed by atoms with E-state index < -0.39 is 37.0 Å². The zero-order valence-corrected chi connectivity index (χ0v) is 18.1. The molecule has 0 aliphatic rings. The Morgan fingerprint density at radius 2 is 1.38 bits per heavy atom. The van der Waals surface area contributed by atoms with Crippen LogP contribution in [0.15, 0.2) is 72.8 Å². The Morgan fingerprint density at radius 1 is 0.735 bits per heavy atom. The van der Waals surface area contributed by atoms with Gasteiger partial charge in [-0.3, -0.25) is 0 Å². The molecule has 0 amide bonds. The van der Waals surface area contributed by atoms with Gasteiger partial charge in [0.1, 0.15) is 29.8 Å². The van der Waals surface area contributed by atoms with Gasteiger partial charge in [-0.15, -0.1) is 0 Å². The van der Waals surface area contributed by atoms with Crippen LogP contribution in [0, 0.1) is 12.8 Å². The summed E-state index contributed by atoms with van der Waals surface area (Å²) in [6, 6.07) is 17.7. The first-order valence-corrected chi connectivity index (χ1v) is 10.3. The van der Waals surface area contributed by atoms with Crippen LogP contribution in [0.3, 0.4) is 0 Å². The maximum atomic E-state index is 13.4. The molecule has 182 valence electrons. The normalized spacial score (nSPS) is 12.9. The molecular formula is C25H22F6O3. The minimum atomic E-state index is -4.61. The maximum absolute atomic E-state index is 13.4. The Bertz CT molecular complexity index is 1040. The van der Waals surface area contributed by atoms with Gasteiger partial charge in [-0.2, -0.15) is 26.3 Å². The van der Waals surface area contributed by atoms with Crippen molar-refractivity contribution in [3.63, 3.8) is 0 Å². The lowest BCUT2D eigenvalue weighted by Crippen LogP contribution is -2.32. The van der Waals surface area contributed by atoms with Gasteiger partial charge in [0.05, 0.1) is 18.8 Å². The first-order chi connectivity index (χ1) is 16.0. The Hall–Kier alpha value is -3.20. The van der Waals surface area contributed by atoms with Gasteiger partial charge in [-0.1, -0.05) is 29.8 Å². The molecule has 3 aromatic carbocycles. The van der Waals surface area contributed by atoms with E-state index in [0.29, 0.717) is 17.1 Å². The summed E-state index contributed by atoms with van der Waals surface area (Å²) < 4.78 is 94.0. The SMILES string of the molecule is Cc1ccc(Oc2cccc(COCC(COc3ccc(C(F)(F)F)cc3)C(F)(F)F)c2)cc1. The van der Waals surface area contributed by atoms with Crippen molar-refractivity contribution in [3.05, 3.63) is 89.5 Å². The second-order valence-electron chi connectivity index (χ2n) is 7.65. The average molecular weight is 484 g/mol. The summed E-state index contributed by atoms with van der Waals surface area (Å²) in [6.45, 7) is 0.404. The van der Waals surface area contributed by atoms with Gasteiger partial charge in [0.15, 0.2) is 0 Å². The Morgan fingerprint density at radius 3 is 2.00 bits per heavy atom. The fraction of sp³-hybridized carbons (Fsp3) is 0.280. The minimum Gasteiger partial charge on any atom is -0.493 e. The van der Waals surface area contributed by atoms with Gasteiger partial charge >= 0.3 is 12.4 Å². The molecule has 3 aromatic rings. The van der Waals surface area contributed by atoms with Crippen molar-refractivity contribution in [2.45, 2.75) is 25.9 Å². The van der Waals surface area contributed by atoms with Crippen LogP contribution < -0.4 is 9.47 Å². The maximum Gasteiger partial charge on any atom is 0.416 e. The lowest BCUT2D eigenvalue weighted by atomic mass is 10.1. The quantitative estimate of drug-likeness (QED) is 0.293. The Kier molecular flexibility index (Phi) is 8.09. The minimum absolute atomic E-state index is 0.0854. The molecule has 0 radical (unpaired) electrons. The summed E-state index contributed by atoms with van der Waals surface area (Å²) >= 11 is 0. The standard InChI is InChI=1S/C25H22F6O3/c1-17-5-9-22(10-6-17)34-23-4-2-3-18(13-23)14-32-15-20(25(29,30)31)16-33-21-11-7-19(8-12-21)24(26,27)28/h2-13,20H,14-16H2,1H3. The molecule has 1 unspecified atom stereocenters. The van der Waals surface area contributed by atoms with Crippen molar-refractivity contribution in [2.75, 3.05) is 13.2 Å². The molecule has 1 atom stereocenters. The van der Waals surface area contributed by atoms with E-state index in [4.69, 9.17) is 14.2 Å². The number of rotatable bonds is 9. The van der Waals surface area contributed by atoms with E-state index >= 15 is 0 Å². The zero-order chi connectivity index (χ0) is 24.8. The third-order valence-electron chi connectivity index (χ3n) is 4.84. The predicted octanol–water partition coefficient (Wildman–Crippen LogP) is 7.58. The fourth-order valence-electron chi connectivity index (χ4n) is 2.93. The number of ether oxygens (including phenoxy) is 3. The van der Waals surface area contributed by atoms with Gasteiger partial charge in [0.2, 0.25) is 0 Å². The van der Waals surface area contributed by atoms with Crippen LogP contribution in [0.4, 0.5) is 26.3 Å². The molecule has 0 heterocycles. The van der Waals surface area contributed by atoms with E-state index in [1.165, 1.54) is 0 Å². The molecular weight excluding hydrogens is 462 g/mol. The molecule has 0 aliphatic carbocycles. The Balaban J connectivity index is 1.54. The van der Waals surface area contributed by atoms with Gasteiger partial charge < -0.3 is 14.2 Å². The molecule has 0 fully saturated rings. The fourth-order valence-corrected chi connectivity index (χ4v) is 2.93. The molecule has 3 nitrogen and oxygen atoms in total. The Labute approximate surface area is 192 Å². The number of benzene rings is 3. The van der Waals surface area contributed by atoms with Crippen molar-refractivity contribution in [1.29, 1.82) is 0 Å². The largest absolute Gasteiger partial charge is 0.493 e. The molecule has 0 aromatic heterocycles. The number of alkyl halides is 6. The zero-order valence-electron chi connectivity index (χ0n) is 18.1. The number of hydrogen-bond acceptors (Lipinski definition) is 3. The summed E-state index contributed by atoms with van der Waals surface area (Å²) in [5, 5.41) is 0. The van der Waals surface area contributed by atoms with E-state index in [2.05, 4.69) is 0 Å². The highest BCUT2D eigenvalue weighted by Crippen LogP contribution is 2.31. The van der Waals surface area contributed by atoms with E-state index in [-0.39, 0.29) is 12.4 Å². The van der Waals surface area contributed by atoms with Crippen molar-refractivity contribution < 1.29 is 40.6 Å². The number of hydrogen-bond donors (Lipinski definition) is 0. The summed E-state index contributed by atoms with van der Waals surface area (Å²) in [5.41, 5.74) is 0.786. The van der Waals surface area contributed by atoms with Gasteiger partial charge in [0, 0.05) is 0 Å². The van der Waals surface area contributed by atoms with Crippen LogP contribution in [-0.2, 0) is 17.5 Å². The first-order valence-electron chi connectivity index (χ1n) is 10.3. The second-order valence-corrected chi connectivity index (χ2v) is 7.65. The van der Waals surface area contributed by atoms with Crippen LogP contribution >= 0.6 is 0 Å². The molecule has 34 heavy (non-hydrogen) atoms. The van der Waals surface area contributed by atoms with E-state index in [9.17, 15) is 26.3 Å². The molecule has 0 spiro atoms. The molecule has 3 rings (SSSR count). The average Bonchev–Trinajstić information content (AvgIpc) is 2.77. The third-order valence-corrected chi connectivity index (χ3v) is 4.84. The molecule has 0 saturated carbocycles. The molecule has 0 bridgehead atoms. The highest BCUT2D eigenvalue weighted by molar-refractivity contribution is 5.35.